The Morgan fingerprint density at radius 2 is 2.00 bits per heavy atom. The van der Waals surface area contributed by atoms with Crippen molar-refractivity contribution in [2.24, 2.45) is 0 Å². The molecule has 0 unspecified atom stereocenters. The van der Waals surface area contributed by atoms with Gasteiger partial charge in [-0.3, -0.25) is 14.3 Å². The highest BCUT2D eigenvalue weighted by atomic mass is 16.2. The number of nitrogens with one attached hydrogen (secondary N) is 1. The van der Waals surface area contributed by atoms with Gasteiger partial charge in [0.1, 0.15) is 6.54 Å². The first-order chi connectivity index (χ1) is 14.7. The van der Waals surface area contributed by atoms with E-state index >= 15 is 0 Å². The molecule has 0 bridgehead atoms. The van der Waals surface area contributed by atoms with Crippen LogP contribution < -0.4 is 10.9 Å². The zero-order chi connectivity index (χ0) is 20.9. The molecule has 1 amide bonds. The van der Waals surface area contributed by atoms with E-state index in [2.05, 4.69) is 23.3 Å². The zero-order valence-corrected chi connectivity index (χ0v) is 17.4. The number of rotatable bonds is 7. The average Bonchev–Trinajstić information content (AvgIpc) is 3.06. The van der Waals surface area contributed by atoms with Gasteiger partial charge in [-0.15, -0.1) is 0 Å². The Morgan fingerprint density at radius 1 is 1.17 bits per heavy atom. The molecule has 0 atom stereocenters. The first-order valence-corrected chi connectivity index (χ1v) is 10.8. The lowest BCUT2D eigenvalue weighted by Crippen LogP contribution is -2.32. The van der Waals surface area contributed by atoms with E-state index in [0.717, 1.165) is 31.4 Å². The molecule has 0 radical (unpaired) electrons. The van der Waals surface area contributed by atoms with Crippen LogP contribution in [0.2, 0.25) is 0 Å². The highest BCUT2D eigenvalue weighted by molar-refractivity contribution is 5.80. The number of aromatic nitrogens is 3. The Labute approximate surface area is 176 Å². The van der Waals surface area contributed by atoms with Gasteiger partial charge in [0.2, 0.25) is 5.91 Å². The minimum absolute atomic E-state index is 0.0460. The minimum atomic E-state index is -0.164. The van der Waals surface area contributed by atoms with E-state index in [1.54, 1.807) is 27.7 Å². The summed E-state index contributed by atoms with van der Waals surface area (Å²) < 4.78 is 3.23. The first kappa shape index (κ1) is 20.1. The van der Waals surface area contributed by atoms with Crippen molar-refractivity contribution >= 4 is 16.9 Å². The number of hydrogen-bond donors (Lipinski definition) is 1. The molecule has 30 heavy (non-hydrogen) atoms. The molecule has 0 fully saturated rings. The van der Waals surface area contributed by atoms with Crippen LogP contribution in [0.5, 0.6) is 0 Å². The van der Waals surface area contributed by atoms with E-state index in [-0.39, 0.29) is 18.0 Å². The molecule has 1 aliphatic carbocycles. The van der Waals surface area contributed by atoms with Crippen molar-refractivity contribution in [2.75, 3.05) is 6.54 Å². The van der Waals surface area contributed by atoms with Gasteiger partial charge in [0, 0.05) is 12.7 Å². The minimum Gasteiger partial charge on any atom is -0.354 e. The van der Waals surface area contributed by atoms with Crippen LogP contribution in [0.25, 0.3) is 16.7 Å². The molecule has 6 heteroatoms. The van der Waals surface area contributed by atoms with Gasteiger partial charge in [-0.05, 0) is 68.4 Å². The van der Waals surface area contributed by atoms with E-state index in [0.29, 0.717) is 17.6 Å². The normalized spacial score (nSPS) is 14.0. The van der Waals surface area contributed by atoms with Crippen LogP contribution in [-0.4, -0.2) is 26.8 Å². The number of amides is 1. The van der Waals surface area contributed by atoms with Crippen LogP contribution in [0.1, 0.15) is 44.6 Å². The second-order valence-corrected chi connectivity index (χ2v) is 7.78. The number of pyridine rings is 1. The van der Waals surface area contributed by atoms with Crippen molar-refractivity contribution in [1.29, 1.82) is 0 Å². The lowest BCUT2D eigenvalue weighted by atomic mass is 9.97. The van der Waals surface area contributed by atoms with Crippen molar-refractivity contribution in [3.8, 4) is 5.69 Å². The van der Waals surface area contributed by atoms with Crippen molar-refractivity contribution < 1.29 is 4.79 Å². The number of carbonyl (C=O) groups is 1. The van der Waals surface area contributed by atoms with Gasteiger partial charge >= 0.3 is 0 Å². The fourth-order valence-electron chi connectivity index (χ4n) is 4.05. The van der Waals surface area contributed by atoms with E-state index in [9.17, 15) is 9.59 Å². The summed E-state index contributed by atoms with van der Waals surface area (Å²) in [4.78, 5) is 30.1. The third-order valence-corrected chi connectivity index (χ3v) is 5.73. The summed E-state index contributed by atoms with van der Waals surface area (Å²) in [6.45, 7) is 2.76. The van der Waals surface area contributed by atoms with Crippen molar-refractivity contribution in [3.05, 3.63) is 70.2 Å². The number of nitrogens with zero attached hydrogens (tertiary/aromatic N) is 3. The third kappa shape index (κ3) is 4.22. The Balaban J connectivity index is 1.58. The number of allylic oxidation sites excluding steroid dienone is 1. The maximum atomic E-state index is 13.1. The number of carbonyl (C=O) groups excluding carboxylic acids is 1. The highest BCUT2D eigenvalue weighted by Gasteiger charge is 2.17. The summed E-state index contributed by atoms with van der Waals surface area (Å²) in [6, 6.07) is 11.4. The predicted octanol–water partition coefficient (Wildman–Crippen LogP) is 3.76. The molecule has 1 N–H and O–H groups in total. The topological polar surface area (TPSA) is 68.9 Å². The predicted molar refractivity (Wildman–Crippen MR) is 119 cm³/mol. The second-order valence-electron chi connectivity index (χ2n) is 7.78. The fourth-order valence-corrected chi connectivity index (χ4v) is 4.05. The van der Waals surface area contributed by atoms with E-state index in [1.165, 1.54) is 24.0 Å². The molecule has 2 aromatic heterocycles. The van der Waals surface area contributed by atoms with Gasteiger partial charge in [0.15, 0.2) is 5.65 Å². The lowest BCUT2D eigenvalue weighted by Gasteiger charge is -2.14. The average molecular weight is 405 g/mol. The molecular formula is C24H28N4O2. The van der Waals surface area contributed by atoms with Gasteiger partial charge in [0.05, 0.1) is 11.1 Å². The Bertz CT molecular complexity index is 1120. The summed E-state index contributed by atoms with van der Waals surface area (Å²) in [5, 5.41) is 3.52. The first-order valence-electron chi connectivity index (χ1n) is 10.8. The van der Waals surface area contributed by atoms with Crippen LogP contribution in [-0.2, 0) is 17.8 Å². The highest BCUT2D eigenvalue weighted by Crippen LogP contribution is 2.19. The zero-order valence-electron chi connectivity index (χ0n) is 17.4. The Kier molecular flexibility index (Phi) is 6.12. The molecule has 0 saturated carbocycles. The van der Waals surface area contributed by atoms with Crippen LogP contribution in [0.15, 0.2) is 59.0 Å². The van der Waals surface area contributed by atoms with Gasteiger partial charge in [-0.25, -0.2) is 9.67 Å². The molecule has 6 nitrogen and oxygen atoms in total. The Hall–Kier alpha value is -3.15. The molecule has 1 aliphatic rings. The van der Waals surface area contributed by atoms with Gasteiger partial charge in [-0.2, -0.15) is 0 Å². The quantitative estimate of drug-likeness (QED) is 0.610. The summed E-state index contributed by atoms with van der Waals surface area (Å²) in [7, 11) is 0. The van der Waals surface area contributed by atoms with E-state index < -0.39 is 0 Å². The summed E-state index contributed by atoms with van der Waals surface area (Å²) in [5.74, 6) is -0.118. The molecular weight excluding hydrogens is 376 g/mol. The number of hydrogen-bond acceptors (Lipinski definition) is 3. The second kappa shape index (κ2) is 9.11. The fraction of sp³-hybridized carbons (Fsp3) is 0.375. The molecule has 1 aromatic carbocycles. The number of benzene rings is 1. The monoisotopic (exact) mass is 404 g/mol. The maximum Gasteiger partial charge on any atom is 0.280 e. The van der Waals surface area contributed by atoms with E-state index in [1.807, 2.05) is 24.3 Å². The maximum absolute atomic E-state index is 13.1. The van der Waals surface area contributed by atoms with Gasteiger partial charge in [0.25, 0.3) is 5.56 Å². The standard InChI is InChI=1S/C24H28N4O2/c1-2-18-10-12-20(13-11-18)28-24(30)21-9-6-15-26-23(21)27(28)17-22(29)25-16-14-19-7-4-3-5-8-19/h6-7,9-13,15H,2-5,8,14,16-17H2,1H3,(H,25,29). The number of aryl methyl sites for hydroxylation is 1. The number of fused-ring (bicyclic) bond motifs is 1. The Morgan fingerprint density at radius 3 is 2.73 bits per heavy atom. The summed E-state index contributed by atoms with van der Waals surface area (Å²) >= 11 is 0. The summed E-state index contributed by atoms with van der Waals surface area (Å²) in [6.07, 6.45) is 10.6. The van der Waals surface area contributed by atoms with Crippen molar-refractivity contribution in [2.45, 2.75) is 52.0 Å². The molecule has 156 valence electrons. The molecule has 0 aliphatic heterocycles. The lowest BCUT2D eigenvalue weighted by molar-refractivity contribution is -0.121. The summed E-state index contributed by atoms with van der Waals surface area (Å²) in [5.41, 5.74) is 3.72. The smallest absolute Gasteiger partial charge is 0.280 e. The molecule has 2 heterocycles. The van der Waals surface area contributed by atoms with Crippen molar-refractivity contribution in [3.63, 3.8) is 0 Å². The van der Waals surface area contributed by atoms with Gasteiger partial charge in [-0.1, -0.05) is 30.7 Å². The molecule has 0 spiro atoms. The van der Waals surface area contributed by atoms with Crippen LogP contribution in [0.3, 0.4) is 0 Å². The molecule has 3 aromatic rings. The SMILES string of the molecule is CCc1ccc(-n2c(=O)c3cccnc3n2CC(=O)NCCC2=CCCCC2)cc1. The molecule has 0 saturated heterocycles. The van der Waals surface area contributed by atoms with E-state index in [4.69, 9.17) is 0 Å². The van der Waals surface area contributed by atoms with Crippen LogP contribution in [0, 0.1) is 0 Å². The van der Waals surface area contributed by atoms with Crippen LogP contribution >= 0.6 is 0 Å². The molecule has 4 rings (SSSR count). The van der Waals surface area contributed by atoms with Gasteiger partial charge < -0.3 is 5.32 Å². The van der Waals surface area contributed by atoms with Crippen LogP contribution in [0.4, 0.5) is 0 Å². The largest absolute Gasteiger partial charge is 0.354 e. The third-order valence-electron chi connectivity index (χ3n) is 5.73. The van der Waals surface area contributed by atoms with Crippen molar-refractivity contribution in [1.82, 2.24) is 19.7 Å².